The maximum Gasteiger partial charge on any atom is 0.255 e. The molecule has 2 amide bonds. The number of benzene rings is 1. The van der Waals surface area contributed by atoms with Gasteiger partial charge in [-0.1, -0.05) is 24.3 Å². The molecular formula is C25H31N3O2. The molecule has 0 bridgehead atoms. The number of piperidine rings is 1. The van der Waals surface area contributed by atoms with Crippen LogP contribution in [0.4, 0.5) is 0 Å². The summed E-state index contributed by atoms with van der Waals surface area (Å²) in [4.78, 5) is 30.7. The minimum Gasteiger partial charge on any atom is -0.353 e. The third-order valence-corrected chi connectivity index (χ3v) is 6.30. The van der Waals surface area contributed by atoms with Crippen LogP contribution in [0.25, 0.3) is 0 Å². The maximum absolute atomic E-state index is 12.8. The fourth-order valence-corrected chi connectivity index (χ4v) is 4.16. The Balaban J connectivity index is 1.22. The van der Waals surface area contributed by atoms with Crippen LogP contribution in [0, 0.1) is 12.8 Å². The summed E-state index contributed by atoms with van der Waals surface area (Å²) in [6.45, 7) is 3.59. The van der Waals surface area contributed by atoms with E-state index in [0.717, 1.165) is 62.7 Å². The van der Waals surface area contributed by atoms with Crippen molar-refractivity contribution in [2.75, 3.05) is 13.1 Å². The molecule has 1 aliphatic carbocycles. The van der Waals surface area contributed by atoms with Crippen LogP contribution in [0.2, 0.25) is 0 Å². The van der Waals surface area contributed by atoms with E-state index in [1.54, 1.807) is 12.4 Å². The molecule has 30 heavy (non-hydrogen) atoms. The predicted molar refractivity (Wildman–Crippen MR) is 117 cm³/mol. The Morgan fingerprint density at radius 3 is 2.40 bits per heavy atom. The first kappa shape index (κ1) is 20.6. The van der Waals surface area contributed by atoms with Crippen LogP contribution in [0.3, 0.4) is 0 Å². The van der Waals surface area contributed by atoms with Crippen LogP contribution in [-0.4, -0.2) is 40.8 Å². The third-order valence-electron chi connectivity index (χ3n) is 6.30. The van der Waals surface area contributed by atoms with Crippen molar-refractivity contribution in [1.29, 1.82) is 0 Å². The average Bonchev–Trinajstić information content (AvgIpc) is 3.58. The predicted octanol–water partition coefficient (Wildman–Crippen LogP) is 3.70. The number of hydrogen-bond donors (Lipinski definition) is 1. The highest BCUT2D eigenvalue weighted by Gasteiger charge is 2.25. The average molecular weight is 406 g/mol. The first-order valence-electron chi connectivity index (χ1n) is 11.2. The van der Waals surface area contributed by atoms with Crippen molar-refractivity contribution >= 4 is 11.8 Å². The van der Waals surface area contributed by atoms with Crippen LogP contribution in [-0.2, 0) is 17.6 Å². The third kappa shape index (κ3) is 5.47. The molecular weight excluding hydrogens is 374 g/mol. The molecule has 0 atom stereocenters. The van der Waals surface area contributed by atoms with Gasteiger partial charge in [-0.05, 0) is 74.1 Å². The van der Waals surface area contributed by atoms with Crippen LogP contribution in [0.1, 0.15) is 59.2 Å². The molecule has 1 aromatic heterocycles. The number of nitrogens with one attached hydrogen (secondary N) is 1. The van der Waals surface area contributed by atoms with Gasteiger partial charge in [0.25, 0.3) is 5.91 Å². The number of carbonyl (C=O) groups is 2. The van der Waals surface area contributed by atoms with Crippen molar-refractivity contribution in [3.63, 3.8) is 0 Å². The molecule has 2 aromatic rings. The molecule has 0 spiro atoms. The summed E-state index contributed by atoms with van der Waals surface area (Å²) in [6, 6.07) is 11.0. The van der Waals surface area contributed by atoms with Crippen molar-refractivity contribution < 1.29 is 9.59 Å². The number of nitrogens with zero attached hydrogens (tertiary/aromatic N) is 2. The standard InChI is InChI=1S/C25H31N3O2/c1-18-10-13-26-17-23(18)25(30)28-14-11-21(12-15-28)16-20-4-2-19(3-5-20)6-9-24(29)27-22-7-8-22/h2-5,10,13,17,21-22H,6-9,11-12,14-16H2,1H3,(H,27,29). The molecule has 0 unspecified atom stereocenters. The topological polar surface area (TPSA) is 62.3 Å². The first-order valence-corrected chi connectivity index (χ1v) is 11.2. The molecule has 158 valence electrons. The summed E-state index contributed by atoms with van der Waals surface area (Å²) < 4.78 is 0. The fraction of sp³-hybridized carbons (Fsp3) is 0.480. The molecule has 1 aromatic carbocycles. The zero-order valence-corrected chi connectivity index (χ0v) is 17.8. The van der Waals surface area contributed by atoms with Gasteiger partial charge in [-0.25, -0.2) is 0 Å². The van der Waals surface area contributed by atoms with Crippen LogP contribution in [0.15, 0.2) is 42.7 Å². The quantitative estimate of drug-likeness (QED) is 0.764. The van der Waals surface area contributed by atoms with E-state index in [0.29, 0.717) is 18.4 Å². The minimum absolute atomic E-state index is 0.106. The van der Waals surface area contributed by atoms with Gasteiger partial charge in [0.1, 0.15) is 0 Å². The molecule has 2 heterocycles. The molecule has 2 fully saturated rings. The number of carbonyl (C=O) groups excluding carboxylic acids is 2. The van der Waals surface area contributed by atoms with Crippen molar-refractivity contribution in [2.45, 2.75) is 57.9 Å². The van der Waals surface area contributed by atoms with Crippen molar-refractivity contribution in [2.24, 2.45) is 5.92 Å². The highest BCUT2D eigenvalue weighted by atomic mass is 16.2. The SMILES string of the molecule is Cc1ccncc1C(=O)N1CCC(Cc2ccc(CCC(=O)NC3CC3)cc2)CC1. The minimum atomic E-state index is 0.106. The number of aryl methyl sites for hydroxylation is 2. The fourth-order valence-electron chi connectivity index (χ4n) is 4.16. The summed E-state index contributed by atoms with van der Waals surface area (Å²) >= 11 is 0. The Kier molecular flexibility index (Phi) is 6.46. The van der Waals surface area contributed by atoms with E-state index in [4.69, 9.17) is 0 Å². The molecule has 5 heteroatoms. The van der Waals surface area contributed by atoms with Crippen molar-refractivity contribution in [3.05, 3.63) is 65.0 Å². The number of aromatic nitrogens is 1. The van der Waals surface area contributed by atoms with Crippen molar-refractivity contribution in [3.8, 4) is 0 Å². The van der Waals surface area contributed by atoms with E-state index >= 15 is 0 Å². The Morgan fingerprint density at radius 1 is 1.03 bits per heavy atom. The van der Waals surface area contributed by atoms with Gasteiger partial charge in [-0.15, -0.1) is 0 Å². The van der Waals surface area contributed by atoms with E-state index in [-0.39, 0.29) is 11.8 Å². The molecule has 5 nitrogen and oxygen atoms in total. The second-order valence-electron chi connectivity index (χ2n) is 8.79. The van der Waals surface area contributed by atoms with E-state index in [1.807, 2.05) is 17.9 Å². The highest BCUT2D eigenvalue weighted by molar-refractivity contribution is 5.95. The summed E-state index contributed by atoms with van der Waals surface area (Å²) in [7, 11) is 0. The number of likely N-dealkylation sites (tertiary alicyclic amines) is 1. The zero-order chi connectivity index (χ0) is 20.9. The Morgan fingerprint density at radius 2 is 1.73 bits per heavy atom. The molecule has 1 aliphatic heterocycles. The molecule has 1 saturated heterocycles. The molecule has 2 aliphatic rings. The van der Waals surface area contributed by atoms with Gasteiger partial charge in [-0.2, -0.15) is 0 Å². The van der Waals surface area contributed by atoms with Gasteiger partial charge in [-0.3, -0.25) is 14.6 Å². The molecule has 4 rings (SSSR count). The second kappa shape index (κ2) is 9.41. The lowest BCUT2D eigenvalue weighted by molar-refractivity contribution is -0.121. The second-order valence-corrected chi connectivity index (χ2v) is 8.79. The number of hydrogen-bond acceptors (Lipinski definition) is 3. The van der Waals surface area contributed by atoms with E-state index in [9.17, 15) is 9.59 Å². The summed E-state index contributed by atoms with van der Waals surface area (Å²) in [5.41, 5.74) is 4.27. The largest absolute Gasteiger partial charge is 0.353 e. The van der Waals surface area contributed by atoms with Gasteiger partial charge in [0.2, 0.25) is 5.91 Å². The normalized spacial score (nSPS) is 17.0. The summed E-state index contributed by atoms with van der Waals surface area (Å²) in [5, 5.41) is 3.04. The zero-order valence-electron chi connectivity index (χ0n) is 17.8. The lowest BCUT2D eigenvalue weighted by Gasteiger charge is -2.32. The Hall–Kier alpha value is -2.69. The smallest absolute Gasteiger partial charge is 0.255 e. The van der Waals surface area contributed by atoms with Gasteiger partial charge in [0, 0.05) is 37.9 Å². The highest BCUT2D eigenvalue weighted by Crippen LogP contribution is 2.24. The Labute approximate surface area is 178 Å². The van der Waals surface area contributed by atoms with Gasteiger partial charge in [0.05, 0.1) is 5.56 Å². The number of rotatable bonds is 7. The van der Waals surface area contributed by atoms with E-state index in [2.05, 4.69) is 34.6 Å². The lowest BCUT2D eigenvalue weighted by Crippen LogP contribution is -2.39. The van der Waals surface area contributed by atoms with Crippen LogP contribution in [0.5, 0.6) is 0 Å². The Bertz CT molecular complexity index is 882. The molecule has 1 N–H and O–H groups in total. The monoisotopic (exact) mass is 405 g/mol. The van der Waals surface area contributed by atoms with Gasteiger partial charge < -0.3 is 10.2 Å². The lowest BCUT2D eigenvalue weighted by atomic mass is 9.89. The van der Waals surface area contributed by atoms with Crippen LogP contribution < -0.4 is 5.32 Å². The first-order chi connectivity index (χ1) is 14.6. The van der Waals surface area contributed by atoms with E-state index < -0.39 is 0 Å². The molecule has 0 radical (unpaired) electrons. The van der Waals surface area contributed by atoms with Crippen molar-refractivity contribution in [1.82, 2.24) is 15.2 Å². The number of amides is 2. The molecule has 1 saturated carbocycles. The summed E-state index contributed by atoms with van der Waals surface area (Å²) in [5.74, 6) is 0.887. The van der Waals surface area contributed by atoms with Gasteiger partial charge in [0.15, 0.2) is 0 Å². The van der Waals surface area contributed by atoms with Gasteiger partial charge >= 0.3 is 0 Å². The summed E-state index contributed by atoms with van der Waals surface area (Å²) in [6.07, 6.45) is 10.2. The number of pyridine rings is 1. The maximum atomic E-state index is 12.8. The van der Waals surface area contributed by atoms with Crippen LogP contribution >= 0.6 is 0 Å². The van der Waals surface area contributed by atoms with E-state index in [1.165, 1.54) is 11.1 Å².